The van der Waals surface area contributed by atoms with Gasteiger partial charge >= 0.3 is 0 Å². The highest BCUT2D eigenvalue weighted by atomic mass is 31.1. The maximum atomic E-state index is 2.43. The minimum atomic E-state index is -0.213. The summed E-state index contributed by atoms with van der Waals surface area (Å²) in [6.45, 7) is 0. The van der Waals surface area contributed by atoms with Crippen LogP contribution >= 0.6 is 15.8 Å². The molecule has 0 nitrogen and oxygen atoms in total. The average Bonchev–Trinajstić information content (AvgIpc) is 2.50. The second-order valence-corrected chi connectivity index (χ2v) is 8.37. The van der Waals surface area contributed by atoms with Crippen LogP contribution in [0.4, 0.5) is 0 Å². The van der Waals surface area contributed by atoms with Crippen LogP contribution in [0.5, 0.6) is 0 Å². The van der Waals surface area contributed by atoms with Crippen LogP contribution in [-0.2, 0) is 6.16 Å². The van der Waals surface area contributed by atoms with E-state index < -0.39 is 0 Å². The highest BCUT2D eigenvalue weighted by Gasteiger charge is 2.10. The fourth-order valence-corrected chi connectivity index (χ4v) is 6.51. The number of hydrogen-bond acceptors (Lipinski definition) is 0. The molecule has 0 atom stereocenters. The second-order valence-electron chi connectivity index (χ2n) is 4.50. The minimum absolute atomic E-state index is 0.110. The van der Waals surface area contributed by atoms with Crippen molar-refractivity contribution in [3.63, 3.8) is 0 Å². The van der Waals surface area contributed by atoms with Crippen molar-refractivity contribution in [2.45, 2.75) is 6.16 Å². The van der Waals surface area contributed by atoms with Crippen LogP contribution in [0, 0.1) is 0 Å². The highest BCUT2D eigenvalue weighted by Crippen LogP contribution is 2.53. The summed E-state index contributed by atoms with van der Waals surface area (Å²) in [7, 11) is -0.323. The molecule has 1 aliphatic heterocycles. The predicted octanol–water partition coefficient (Wildman–Crippen LogP) is 5.43. The van der Waals surface area contributed by atoms with Gasteiger partial charge in [-0.25, -0.2) is 0 Å². The standard InChI is InChI=1S/C17H16P2/c1-3-7-16(8-4-1)15-18-11-13-19(14-12-18)17-9-5-2-6-10-17/h1-14H,15H2. The molecule has 1 heterocycles. The molecule has 0 unspecified atom stereocenters. The zero-order valence-corrected chi connectivity index (χ0v) is 12.5. The first-order chi connectivity index (χ1) is 9.42. The minimum Gasteiger partial charge on any atom is -0.0622 e. The van der Waals surface area contributed by atoms with Gasteiger partial charge in [-0.3, -0.25) is 0 Å². The van der Waals surface area contributed by atoms with Crippen molar-refractivity contribution in [1.29, 1.82) is 0 Å². The molecule has 0 aromatic heterocycles. The van der Waals surface area contributed by atoms with Gasteiger partial charge in [0.25, 0.3) is 0 Å². The van der Waals surface area contributed by atoms with Gasteiger partial charge in [0.2, 0.25) is 0 Å². The van der Waals surface area contributed by atoms with Gasteiger partial charge in [0.05, 0.1) is 0 Å². The molecule has 2 heteroatoms. The first-order valence-electron chi connectivity index (χ1n) is 6.41. The number of benzene rings is 2. The van der Waals surface area contributed by atoms with E-state index in [0.717, 1.165) is 0 Å². The SMILES string of the molecule is C1=CP(c2ccccc2)C=CP1Cc1ccccc1. The molecule has 0 fully saturated rings. The molecule has 0 spiro atoms. The Hall–Kier alpha value is -1.22. The Morgan fingerprint density at radius 3 is 1.84 bits per heavy atom. The van der Waals surface area contributed by atoms with Crippen LogP contribution in [0.3, 0.4) is 0 Å². The van der Waals surface area contributed by atoms with Crippen LogP contribution in [0.2, 0.25) is 0 Å². The van der Waals surface area contributed by atoms with Gasteiger partial charge in [-0.05, 0) is 25.0 Å². The molecule has 19 heavy (non-hydrogen) atoms. The van der Waals surface area contributed by atoms with Crippen LogP contribution in [0.1, 0.15) is 5.56 Å². The molecule has 0 bridgehead atoms. The van der Waals surface area contributed by atoms with Gasteiger partial charge in [0.1, 0.15) is 0 Å². The Kier molecular flexibility index (Phi) is 4.23. The fourth-order valence-electron chi connectivity index (χ4n) is 2.09. The summed E-state index contributed by atoms with van der Waals surface area (Å²) in [5, 5.41) is 1.44. The van der Waals surface area contributed by atoms with Crippen molar-refractivity contribution >= 4 is 21.1 Å². The lowest BCUT2D eigenvalue weighted by atomic mass is 10.2. The third-order valence-electron chi connectivity index (χ3n) is 3.10. The van der Waals surface area contributed by atoms with Gasteiger partial charge in [-0.2, -0.15) is 0 Å². The Balaban J connectivity index is 1.67. The second kappa shape index (κ2) is 6.29. The molecular formula is C17H16P2. The predicted molar refractivity (Wildman–Crippen MR) is 88.3 cm³/mol. The van der Waals surface area contributed by atoms with Crippen molar-refractivity contribution in [3.8, 4) is 0 Å². The Labute approximate surface area is 117 Å². The third-order valence-corrected chi connectivity index (χ3v) is 7.20. The summed E-state index contributed by atoms with van der Waals surface area (Å²) in [6.07, 6.45) is 1.17. The Bertz CT molecular complexity index is 559. The van der Waals surface area contributed by atoms with E-state index in [1.54, 1.807) is 0 Å². The van der Waals surface area contributed by atoms with Gasteiger partial charge in [-0.15, -0.1) is 0 Å². The summed E-state index contributed by atoms with van der Waals surface area (Å²) >= 11 is 0. The molecule has 0 saturated heterocycles. The number of hydrogen-bond donors (Lipinski definition) is 0. The molecule has 3 rings (SSSR count). The van der Waals surface area contributed by atoms with Crippen molar-refractivity contribution < 1.29 is 0 Å². The van der Waals surface area contributed by atoms with Gasteiger partial charge in [-0.1, -0.05) is 91.9 Å². The normalized spacial score (nSPS) is 21.5. The first kappa shape index (κ1) is 12.8. The topological polar surface area (TPSA) is 0 Å². The maximum absolute atomic E-state index is 2.43. The molecule has 94 valence electrons. The van der Waals surface area contributed by atoms with E-state index >= 15 is 0 Å². The van der Waals surface area contributed by atoms with Gasteiger partial charge in [0.15, 0.2) is 0 Å². The van der Waals surface area contributed by atoms with Gasteiger partial charge < -0.3 is 0 Å². The van der Waals surface area contributed by atoms with Crippen molar-refractivity contribution in [3.05, 3.63) is 89.5 Å². The summed E-state index contributed by atoms with van der Waals surface area (Å²) < 4.78 is 0. The first-order valence-corrected chi connectivity index (χ1v) is 9.56. The van der Waals surface area contributed by atoms with E-state index in [4.69, 9.17) is 0 Å². The maximum Gasteiger partial charge on any atom is -0.000351 e. The third kappa shape index (κ3) is 3.41. The Morgan fingerprint density at radius 1 is 0.632 bits per heavy atom. The highest BCUT2D eigenvalue weighted by molar-refractivity contribution is 7.75. The molecule has 0 radical (unpaired) electrons. The fraction of sp³-hybridized carbons (Fsp3) is 0.0588. The molecule has 1 aliphatic rings. The van der Waals surface area contributed by atoms with E-state index in [1.807, 2.05) is 0 Å². The molecule has 0 amide bonds. The lowest BCUT2D eigenvalue weighted by molar-refractivity contribution is 1.40. The molecule has 0 aliphatic carbocycles. The lowest BCUT2D eigenvalue weighted by Crippen LogP contribution is -1.96. The number of rotatable bonds is 3. The summed E-state index contributed by atoms with van der Waals surface area (Å²) in [5.41, 5.74) is 1.44. The van der Waals surface area contributed by atoms with Gasteiger partial charge in [0, 0.05) is 0 Å². The molecular weight excluding hydrogens is 266 g/mol. The summed E-state index contributed by atoms with van der Waals surface area (Å²) in [6, 6.07) is 21.6. The van der Waals surface area contributed by atoms with E-state index in [2.05, 4.69) is 83.9 Å². The Morgan fingerprint density at radius 2 is 1.21 bits per heavy atom. The summed E-state index contributed by atoms with van der Waals surface area (Å²) in [4.78, 5) is 0. The smallest absolute Gasteiger partial charge is 0.000351 e. The quantitative estimate of drug-likeness (QED) is 0.658. The zero-order valence-electron chi connectivity index (χ0n) is 10.7. The van der Waals surface area contributed by atoms with Crippen LogP contribution in [0.25, 0.3) is 0 Å². The van der Waals surface area contributed by atoms with E-state index in [1.165, 1.54) is 17.0 Å². The van der Waals surface area contributed by atoms with Crippen molar-refractivity contribution in [1.82, 2.24) is 0 Å². The molecule has 2 aromatic rings. The molecule has 2 aromatic carbocycles. The monoisotopic (exact) mass is 282 g/mol. The van der Waals surface area contributed by atoms with E-state index in [-0.39, 0.29) is 15.8 Å². The molecule has 0 saturated carbocycles. The molecule has 0 N–H and O–H groups in total. The summed E-state index contributed by atoms with van der Waals surface area (Å²) in [5.74, 6) is 9.70. The largest absolute Gasteiger partial charge is 0.0622 e. The van der Waals surface area contributed by atoms with E-state index in [9.17, 15) is 0 Å². The van der Waals surface area contributed by atoms with Crippen LogP contribution < -0.4 is 5.30 Å². The zero-order chi connectivity index (χ0) is 12.9. The van der Waals surface area contributed by atoms with Crippen molar-refractivity contribution in [2.75, 3.05) is 0 Å². The van der Waals surface area contributed by atoms with Crippen molar-refractivity contribution in [2.24, 2.45) is 0 Å². The average molecular weight is 282 g/mol. The lowest BCUT2D eigenvalue weighted by Gasteiger charge is -2.17. The van der Waals surface area contributed by atoms with Crippen LogP contribution in [-0.4, -0.2) is 0 Å². The van der Waals surface area contributed by atoms with E-state index in [0.29, 0.717) is 0 Å². The van der Waals surface area contributed by atoms with Crippen LogP contribution in [0.15, 0.2) is 83.9 Å².